The van der Waals surface area contributed by atoms with Gasteiger partial charge in [-0.3, -0.25) is 14.5 Å². The molecule has 1 atom stereocenters. The molecule has 1 aromatic carbocycles. The van der Waals surface area contributed by atoms with Gasteiger partial charge in [0.05, 0.1) is 6.54 Å². The van der Waals surface area contributed by atoms with Crippen molar-refractivity contribution in [2.45, 2.75) is 58.0 Å². The number of benzene rings is 1. The van der Waals surface area contributed by atoms with Crippen LogP contribution in [0.2, 0.25) is 0 Å². The molecule has 142 valence electrons. The van der Waals surface area contributed by atoms with Crippen LogP contribution in [0.3, 0.4) is 0 Å². The SMILES string of the molecule is CCC1CCCCN1CC(=O)NCc1ccc(C(=O)N2CCCC2)cc1. The van der Waals surface area contributed by atoms with Crippen LogP contribution < -0.4 is 5.32 Å². The van der Waals surface area contributed by atoms with Gasteiger partial charge in [-0.05, 0) is 56.3 Å². The molecule has 3 rings (SSSR count). The number of carbonyl (C=O) groups excluding carboxylic acids is 2. The predicted octanol–water partition coefficient (Wildman–Crippen LogP) is 2.80. The number of carbonyl (C=O) groups is 2. The molecule has 2 saturated heterocycles. The third kappa shape index (κ3) is 4.85. The highest BCUT2D eigenvalue weighted by atomic mass is 16.2. The molecule has 1 unspecified atom stereocenters. The molecular formula is C21H31N3O2. The molecule has 0 aromatic heterocycles. The van der Waals surface area contributed by atoms with E-state index in [4.69, 9.17) is 0 Å². The van der Waals surface area contributed by atoms with Crippen molar-refractivity contribution in [3.05, 3.63) is 35.4 Å². The third-order valence-corrected chi connectivity index (χ3v) is 5.65. The van der Waals surface area contributed by atoms with E-state index < -0.39 is 0 Å². The lowest BCUT2D eigenvalue weighted by atomic mass is 10.00. The first-order valence-corrected chi connectivity index (χ1v) is 10.1. The van der Waals surface area contributed by atoms with Gasteiger partial charge in [0.15, 0.2) is 0 Å². The molecule has 2 aliphatic rings. The molecular weight excluding hydrogens is 326 g/mol. The molecule has 0 aliphatic carbocycles. The average molecular weight is 357 g/mol. The Labute approximate surface area is 156 Å². The standard InChI is InChI=1S/C21H31N3O2/c1-2-19-7-3-4-14-24(19)16-20(25)22-15-17-8-10-18(11-9-17)21(26)23-12-5-6-13-23/h8-11,19H,2-7,12-16H2,1H3,(H,22,25). The van der Waals surface area contributed by atoms with Crippen molar-refractivity contribution in [3.63, 3.8) is 0 Å². The highest BCUT2D eigenvalue weighted by Crippen LogP contribution is 2.19. The largest absolute Gasteiger partial charge is 0.351 e. The minimum absolute atomic E-state index is 0.0857. The Bertz CT molecular complexity index is 608. The topological polar surface area (TPSA) is 52.7 Å². The summed E-state index contributed by atoms with van der Waals surface area (Å²) >= 11 is 0. The first-order valence-electron chi connectivity index (χ1n) is 10.1. The molecule has 1 N–H and O–H groups in total. The van der Waals surface area contributed by atoms with E-state index in [-0.39, 0.29) is 11.8 Å². The Hall–Kier alpha value is -1.88. The van der Waals surface area contributed by atoms with Crippen molar-refractivity contribution >= 4 is 11.8 Å². The molecule has 2 fully saturated rings. The van der Waals surface area contributed by atoms with Crippen LogP contribution in [-0.4, -0.2) is 53.8 Å². The van der Waals surface area contributed by atoms with E-state index in [0.29, 0.717) is 19.1 Å². The fourth-order valence-corrected chi connectivity index (χ4v) is 4.04. The molecule has 2 aliphatic heterocycles. The van der Waals surface area contributed by atoms with Crippen molar-refractivity contribution in [2.24, 2.45) is 0 Å². The molecule has 2 amide bonds. The van der Waals surface area contributed by atoms with Gasteiger partial charge in [-0.15, -0.1) is 0 Å². The zero-order valence-corrected chi connectivity index (χ0v) is 15.9. The number of hydrogen-bond acceptors (Lipinski definition) is 3. The summed E-state index contributed by atoms with van der Waals surface area (Å²) in [5, 5.41) is 3.02. The first kappa shape index (κ1) is 18.9. The molecule has 26 heavy (non-hydrogen) atoms. The number of likely N-dealkylation sites (tertiary alicyclic amines) is 2. The van der Waals surface area contributed by atoms with Gasteiger partial charge in [-0.1, -0.05) is 25.5 Å². The molecule has 0 saturated carbocycles. The molecule has 5 heteroatoms. The summed E-state index contributed by atoms with van der Waals surface area (Å²) in [7, 11) is 0. The molecule has 0 bridgehead atoms. The maximum Gasteiger partial charge on any atom is 0.253 e. The summed E-state index contributed by atoms with van der Waals surface area (Å²) in [6, 6.07) is 8.18. The molecule has 0 spiro atoms. The Balaban J connectivity index is 1.46. The highest BCUT2D eigenvalue weighted by Gasteiger charge is 2.22. The van der Waals surface area contributed by atoms with Crippen molar-refractivity contribution in [1.82, 2.24) is 15.1 Å². The van der Waals surface area contributed by atoms with Crippen LogP contribution >= 0.6 is 0 Å². The lowest BCUT2D eigenvalue weighted by Gasteiger charge is -2.34. The second-order valence-corrected chi connectivity index (χ2v) is 7.50. The van der Waals surface area contributed by atoms with Gasteiger partial charge >= 0.3 is 0 Å². The van der Waals surface area contributed by atoms with E-state index >= 15 is 0 Å². The van der Waals surface area contributed by atoms with Crippen LogP contribution in [0.25, 0.3) is 0 Å². The predicted molar refractivity (Wildman–Crippen MR) is 103 cm³/mol. The number of nitrogens with one attached hydrogen (secondary N) is 1. The first-order chi connectivity index (χ1) is 12.7. The van der Waals surface area contributed by atoms with Gasteiger partial charge < -0.3 is 10.2 Å². The second-order valence-electron chi connectivity index (χ2n) is 7.50. The maximum absolute atomic E-state index is 12.4. The van der Waals surface area contributed by atoms with Crippen LogP contribution in [-0.2, 0) is 11.3 Å². The van der Waals surface area contributed by atoms with E-state index in [2.05, 4.69) is 17.1 Å². The van der Waals surface area contributed by atoms with E-state index in [9.17, 15) is 9.59 Å². The Kier molecular flexibility index (Phi) is 6.67. The highest BCUT2D eigenvalue weighted by molar-refractivity contribution is 5.94. The molecule has 2 heterocycles. The zero-order chi connectivity index (χ0) is 18.4. The van der Waals surface area contributed by atoms with Crippen LogP contribution in [0.1, 0.15) is 61.4 Å². The van der Waals surface area contributed by atoms with Gasteiger partial charge in [0, 0.05) is 31.2 Å². The van der Waals surface area contributed by atoms with Crippen molar-refractivity contribution in [2.75, 3.05) is 26.2 Å². The molecule has 5 nitrogen and oxygen atoms in total. The van der Waals surface area contributed by atoms with Crippen molar-refractivity contribution in [1.29, 1.82) is 0 Å². The van der Waals surface area contributed by atoms with Gasteiger partial charge in [0.25, 0.3) is 5.91 Å². The third-order valence-electron chi connectivity index (χ3n) is 5.65. The maximum atomic E-state index is 12.4. The van der Waals surface area contributed by atoms with E-state index in [1.54, 1.807) is 0 Å². The van der Waals surface area contributed by atoms with Crippen LogP contribution in [0.4, 0.5) is 0 Å². The molecule has 0 radical (unpaired) electrons. The molecule has 1 aromatic rings. The summed E-state index contributed by atoms with van der Waals surface area (Å²) in [5.74, 6) is 0.205. The summed E-state index contributed by atoms with van der Waals surface area (Å²) in [6.45, 7) is 5.97. The number of nitrogens with zero attached hydrogens (tertiary/aromatic N) is 2. The lowest BCUT2D eigenvalue weighted by Crippen LogP contribution is -2.45. The zero-order valence-electron chi connectivity index (χ0n) is 15.9. The van der Waals surface area contributed by atoms with Crippen LogP contribution in [0.5, 0.6) is 0 Å². The quantitative estimate of drug-likeness (QED) is 0.852. The van der Waals surface area contributed by atoms with Crippen LogP contribution in [0, 0.1) is 0 Å². The van der Waals surface area contributed by atoms with Gasteiger partial charge in [0.1, 0.15) is 0 Å². The van der Waals surface area contributed by atoms with Crippen molar-refractivity contribution in [3.8, 4) is 0 Å². The normalized spacial score (nSPS) is 21.0. The van der Waals surface area contributed by atoms with E-state index in [1.807, 2.05) is 29.2 Å². The monoisotopic (exact) mass is 357 g/mol. The number of amides is 2. The van der Waals surface area contributed by atoms with Crippen LogP contribution in [0.15, 0.2) is 24.3 Å². The Morgan fingerprint density at radius 3 is 2.42 bits per heavy atom. The van der Waals surface area contributed by atoms with Gasteiger partial charge in [0.2, 0.25) is 5.91 Å². The summed E-state index contributed by atoms with van der Waals surface area (Å²) < 4.78 is 0. The number of piperidine rings is 1. The lowest BCUT2D eigenvalue weighted by molar-refractivity contribution is -0.123. The van der Waals surface area contributed by atoms with Gasteiger partial charge in [-0.25, -0.2) is 0 Å². The minimum Gasteiger partial charge on any atom is -0.351 e. The van der Waals surface area contributed by atoms with E-state index in [0.717, 1.165) is 50.0 Å². The van der Waals surface area contributed by atoms with Crippen molar-refractivity contribution < 1.29 is 9.59 Å². The fourth-order valence-electron chi connectivity index (χ4n) is 4.04. The van der Waals surface area contributed by atoms with Gasteiger partial charge in [-0.2, -0.15) is 0 Å². The number of rotatable bonds is 6. The Morgan fingerprint density at radius 1 is 1.04 bits per heavy atom. The second kappa shape index (κ2) is 9.17. The summed E-state index contributed by atoms with van der Waals surface area (Å²) in [6.07, 6.45) is 6.99. The summed E-state index contributed by atoms with van der Waals surface area (Å²) in [4.78, 5) is 28.9. The summed E-state index contributed by atoms with van der Waals surface area (Å²) in [5.41, 5.74) is 1.77. The Morgan fingerprint density at radius 2 is 1.73 bits per heavy atom. The average Bonchev–Trinajstić information content (AvgIpc) is 3.21. The smallest absolute Gasteiger partial charge is 0.253 e. The fraction of sp³-hybridized carbons (Fsp3) is 0.619. The number of hydrogen-bond donors (Lipinski definition) is 1. The minimum atomic E-state index is 0.0857. The van der Waals surface area contributed by atoms with E-state index in [1.165, 1.54) is 19.3 Å².